The second kappa shape index (κ2) is 6.79. The minimum Gasteiger partial charge on any atom is -0.326 e. The number of rotatable bonds is 4. The summed E-state index contributed by atoms with van der Waals surface area (Å²) in [5.74, 6) is -0.449. The molecule has 0 fully saturated rings. The number of hydrogen-bond donors (Lipinski definition) is 2. The zero-order valence-electron chi connectivity index (χ0n) is 14.6. The van der Waals surface area contributed by atoms with E-state index in [0.717, 1.165) is 24.1 Å². The highest BCUT2D eigenvalue weighted by atomic mass is 32.2. The van der Waals surface area contributed by atoms with Crippen molar-refractivity contribution in [2.75, 3.05) is 23.3 Å². The van der Waals surface area contributed by atoms with Gasteiger partial charge in [0.1, 0.15) is 0 Å². The van der Waals surface area contributed by atoms with Crippen molar-refractivity contribution in [1.29, 1.82) is 0 Å². The van der Waals surface area contributed by atoms with E-state index in [2.05, 4.69) is 10.0 Å². The third-order valence-electron chi connectivity index (χ3n) is 4.84. The number of para-hydroxylation sites is 1. The van der Waals surface area contributed by atoms with Gasteiger partial charge in [0.2, 0.25) is 21.8 Å². The second-order valence-corrected chi connectivity index (χ2v) is 8.41. The van der Waals surface area contributed by atoms with E-state index < -0.39 is 10.0 Å². The van der Waals surface area contributed by atoms with E-state index in [1.807, 2.05) is 24.3 Å². The maximum absolute atomic E-state index is 12.6. The fourth-order valence-corrected chi connectivity index (χ4v) is 4.53. The van der Waals surface area contributed by atoms with Crippen LogP contribution in [0.3, 0.4) is 0 Å². The van der Waals surface area contributed by atoms with Gasteiger partial charge in [0.05, 0.1) is 17.9 Å². The van der Waals surface area contributed by atoms with Crippen LogP contribution in [0.5, 0.6) is 0 Å². The number of anilines is 2. The lowest BCUT2D eigenvalue weighted by molar-refractivity contribution is -0.117. The number of hydrogen-bond acceptors (Lipinski definition) is 4. The van der Waals surface area contributed by atoms with Gasteiger partial charge in [0.15, 0.2) is 0 Å². The predicted octanol–water partition coefficient (Wildman–Crippen LogP) is 1.44. The third kappa shape index (κ3) is 3.45. The molecule has 2 heterocycles. The Bertz CT molecular complexity index is 1030. The molecule has 2 N–H and O–H groups in total. The van der Waals surface area contributed by atoms with Crippen molar-refractivity contribution in [2.45, 2.75) is 24.2 Å². The number of nitrogens with zero attached hydrogens (tertiary/aromatic N) is 1. The van der Waals surface area contributed by atoms with Crippen molar-refractivity contribution in [3.8, 4) is 0 Å². The molecule has 0 atom stereocenters. The Labute approximate surface area is 157 Å². The quantitative estimate of drug-likeness (QED) is 0.832. The van der Waals surface area contributed by atoms with E-state index in [4.69, 9.17) is 0 Å². The largest absolute Gasteiger partial charge is 0.326 e. The second-order valence-electron chi connectivity index (χ2n) is 6.65. The van der Waals surface area contributed by atoms with Crippen LogP contribution in [0.25, 0.3) is 0 Å². The molecule has 0 bridgehead atoms. The Balaban J connectivity index is 1.48. The molecule has 0 aliphatic carbocycles. The van der Waals surface area contributed by atoms with Gasteiger partial charge in [-0.1, -0.05) is 18.2 Å². The molecule has 2 amide bonds. The minimum absolute atomic E-state index is 0.0459. The van der Waals surface area contributed by atoms with Crippen LogP contribution in [0.4, 0.5) is 11.4 Å². The zero-order valence-corrected chi connectivity index (χ0v) is 15.4. The molecular formula is C19H19N3O4S. The van der Waals surface area contributed by atoms with Crippen molar-refractivity contribution >= 4 is 33.2 Å². The van der Waals surface area contributed by atoms with Gasteiger partial charge in [-0.05, 0) is 48.2 Å². The van der Waals surface area contributed by atoms with Crippen molar-refractivity contribution < 1.29 is 18.0 Å². The fourth-order valence-electron chi connectivity index (χ4n) is 3.50. The Hall–Kier alpha value is -2.71. The number of aryl methyl sites for hydroxylation is 1. The maximum Gasteiger partial charge on any atom is 0.242 e. The predicted molar refractivity (Wildman–Crippen MR) is 101 cm³/mol. The summed E-state index contributed by atoms with van der Waals surface area (Å²) in [4.78, 5) is 25.7. The van der Waals surface area contributed by atoms with Crippen LogP contribution in [0.15, 0.2) is 47.4 Å². The minimum atomic E-state index is -3.85. The van der Waals surface area contributed by atoms with Gasteiger partial charge in [-0.15, -0.1) is 0 Å². The lowest BCUT2D eigenvalue weighted by Crippen LogP contribution is -2.42. The van der Waals surface area contributed by atoms with Crippen LogP contribution in [0.1, 0.15) is 17.5 Å². The van der Waals surface area contributed by atoms with Crippen LogP contribution in [-0.2, 0) is 32.5 Å². The van der Waals surface area contributed by atoms with E-state index in [9.17, 15) is 18.0 Å². The van der Waals surface area contributed by atoms with E-state index in [1.165, 1.54) is 12.1 Å². The first-order valence-electron chi connectivity index (χ1n) is 8.75. The molecule has 2 aromatic carbocycles. The van der Waals surface area contributed by atoms with Crippen LogP contribution in [0, 0.1) is 0 Å². The number of amides is 2. The summed E-state index contributed by atoms with van der Waals surface area (Å²) in [7, 11) is -3.85. The van der Waals surface area contributed by atoms with Crippen molar-refractivity contribution in [2.24, 2.45) is 0 Å². The normalized spacial score (nSPS) is 15.9. The van der Waals surface area contributed by atoms with Crippen LogP contribution in [-0.4, -0.2) is 33.3 Å². The molecule has 0 saturated heterocycles. The van der Waals surface area contributed by atoms with Gasteiger partial charge in [0.25, 0.3) is 0 Å². The van der Waals surface area contributed by atoms with Gasteiger partial charge in [0, 0.05) is 17.9 Å². The third-order valence-corrected chi connectivity index (χ3v) is 6.24. The molecule has 7 nitrogen and oxygen atoms in total. The number of benzene rings is 2. The SMILES string of the molecule is O=C1Cc2cc(S(=O)(=O)NCC(=O)N3CCCc4ccccc43)ccc2N1. The number of fused-ring (bicyclic) bond motifs is 2. The number of carbonyl (C=O) groups excluding carboxylic acids is 2. The standard InChI is InChI=1S/C19H19N3O4S/c23-18-11-14-10-15(7-8-16(14)21-18)27(25,26)20-12-19(24)22-9-3-5-13-4-1-2-6-17(13)22/h1-2,4,6-8,10,20H,3,5,9,11-12H2,(H,21,23). The summed E-state index contributed by atoms with van der Waals surface area (Å²) in [6.45, 7) is 0.259. The lowest BCUT2D eigenvalue weighted by Gasteiger charge is -2.29. The molecule has 0 spiro atoms. The molecule has 0 saturated carbocycles. The molecule has 0 aromatic heterocycles. The summed E-state index contributed by atoms with van der Waals surface area (Å²) in [5.41, 5.74) is 3.20. The molecule has 2 aromatic rings. The van der Waals surface area contributed by atoms with Crippen LogP contribution < -0.4 is 14.9 Å². The smallest absolute Gasteiger partial charge is 0.242 e. The van der Waals surface area contributed by atoms with Gasteiger partial charge >= 0.3 is 0 Å². The van der Waals surface area contributed by atoms with E-state index in [0.29, 0.717) is 17.8 Å². The molecule has 8 heteroatoms. The van der Waals surface area contributed by atoms with Gasteiger partial charge < -0.3 is 10.2 Å². The van der Waals surface area contributed by atoms with Crippen LogP contribution in [0.2, 0.25) is 0 Å². The fraction of sp³-hybridized carbons (Fsp3) is 0.263. The van der Waals surface area contributed by atoms with Crippen molar-refractivity contribution in [3.63, 3.8) is 0 Å². The van der Waals surface area contributed by atoms with Crippen molar-refractivity contribution in [3.05, 3.63) is 53.6 Å². The molecule has 4 rings (SSSR count). The molecule has 2 aliphatic rings. The molecule has 27 heavy (non-hydrogen) atoms. The topological polar surface area (TPSA) is 95.6 Å². The Kier molecular flexibility index (Phi) is 4.45. The highest BCUT2D eigenvalue weighted by Gasteiger charge is 2.25. The molecular weight excluding hydrogens is 366 g/mol. The van der Waals surface area contributed by atoms with Gasteiger partial charge in [-0.3, -0.25) is 9.59 Å². The van der Waals surface area contributed by atoms with Crippen LogP contribution >= 0.6 is 0 Å². The Morgan fingerprint density at radius 1 is 1.15 bits per heavy atom. The van der Waals surface area contributed by atoms with E-state index in [-0.39, 0.29) is 29.7 Å². The van der Waals surface area contributed by atoms with E-state index in [1.54, 1.807) is 11.0 Å². The first kappa shape index (κ1) is 17.7. The van der Waals surface area contributed by atoms with Gasteiger partial charge in [-0.2, -0.15) is 0 Å². The number of nitrogens with one attached hydrogen (secondary N) is 2. The summed E-state index contributed by atoms with van der Waals surface area (Å²) in [6.07, 6.45) is 1.91. The van der Waals surface area contributed by atoms with Gasteiger partial charge in [-0.25, -0.2) is 13.1 Å². The highest BCUT2D eigenvalue weighted by Crippen LogP contribution is 2.27. The first-order chi connectivity index (χ1) is 12.9. The molecule has 0 radical (unpaired) electrons. The average molecular weight is 385 g/mol. The lowest BCUT2D eigenvalue weighted by atomic mass is 10.0. The monoisotopic (exact) mass is 385 g/mol. The summed E-state index contributed by atoms with van der Waals surface area (Å²) >= 11 is 0. The highest BCUT2D eigenvalue weighted by molar-refractivity contribution is 7.89. The first-order valence-corrected chi connectivity index (χ1v) is 10.2. The zero-order chi connectivity index (χ0) is 19.0. The number of sulfonamides is 1. The van der Waals surface area contributed by atoms with E-state index >= 15 is 0 Å². The number of carbonyl (C=O) groups is 2. The Morgan fingerprint density at radius 3 is 2.81 bits per heavy atom. The molecule has 0 unspecified atom stereocenters. The molecule has 140 valence electrons. The average Bonchev–Trinajstić information content (AvgIpc) is 3.05. The molecule has 2 aliphatic heterocycles. The summed E-state index contributed by atoms with van der Waals surface area (Å²) in [6, 6.07) is 12.1. The summed E-state index contributed by atoms with van der Waals surface area (Å²) in [5, 5.41) is 2.66. The Morgan fingerprint density at radius 2 is 1.96 bits per heavy atom. The maximum atomic E-state index is 12.6. The van der Waals surface area contributed by atoms with Crippen molar-refractivity contribution in [1.82, 2.24) is 4.72 Å². The summed E-state index contributed by atoms with van der Waals surface area (Å²) < 4.78 is 27.5.